The average molecular weight is 934 g/mol. The minimum atomic E-state index is -1.05. The van der Waals surface area contributed by atoms with E-state index in [0.29, 0.717) is 11.1 Å². The first-order valence-electron chi connectivity index (χ1n) is 23.4. The van der Waals surface area contributed by atoms with Crippen LogP contribution in [0.5, 0.6) is 0 Å². The highest BCUT2D eigenvalue weighted by Gasteiger charge is 2.52. The standard InChI is InChI=1S/C57H59NO11/c1-40-50(69-49(59)32-46-30-18-19-31-47(46)33-58)52(62-35-42-22-10-4-11-23-42)55(65-38-45-28-16-7-17-29-45)57(67-40)66-39-48-51(61-34-41-20-8-3-9-21-41)53(63-36-43-24-12-5-13-25-43)54(56(60-2)68-48)64-37-44-26-14-6-15-27-44/h3-31,40,48,50-57H,32,34-39H2,1-2H3/t40-,48-,50-,51-,52+,53+,54-,55-,56+,57+/m1/s1. The Balaban J connectivity index is 1.10. The van der Waals surface area contributed by atoms with Gasteiger partial charge in [0, 0.05) is 7.11 Å². The van der Waals surface area contributed by atoms with E-state index in [9.17, 15) is 10.1 Å². The van der Waals surface area contributed by atoms with Crippen LogP contribution in [0.15, 0.2) is 176 Å². The minimum Gasteiger partial charge on any atom is -0.456 e. The maximum Gasteiger partial charge on any atom is 0.310 e. The van der Waals surface area contributed by atoms with Gasteiger partial charge in [0.2, 0.25) is 0 Å². The number of methoxy groups -OCH3 is 1. The summed E-state index contributed by atoms with van der Waals surface area (Å²) in [6, 6.07) is 58.4. The van der Waals surface area contributed by atoms with Crippen LogP contribution in [0.4, 0.5) is 0 Å². The fourth-order valence-corrected chi connectivity index (χ4v) is 8.56. The molecule has 0 aliphatic carbocycles. The predicted octanol–water partition coefficient (Wildman–Crippen LogP) is 9.07. The maximum absolute atomic E-state index is 13.8. The van der Waals surface area contributed by atoms with Gasteiger partial charge in [0.15, 0.2) is 18.7 Å². The van der Waals surface area contributed by atoms with Gasteiger partial charge in [-0.25, -0.2) is 0 Å². The monoisotopic (exact) mass is 933 g/mol. The zero-order valence-electron chi connectivity index (χ0n) is 38.9. The van der Waals surface area contributed by atoms with Crippen molar-refractivity contribution in [2.45, 2.75) is 108 Å². The maximum atomic E-state index is 13.8. The number of esters is 1. The number of hydrogen-bond donors (Lipinski definition) is 0. The quantitative estimate of drug-likeness (QED) is 0.0602. The molecule has 0 saturated carbocycles. The van der Waals surface area contributed by atoms with Gasteiger partial charge >= 0.3 is 5.97 Å². The lowest BCUT2D eigenvalue weighted by molar-refractivity contribution is -0.345. The van der Waals surface area contributed by atoms with Gasteiger partial charge in [-0.2, -0.15) is 5.26 Å². The van der Waals surface area contributed by atoms with Gasteiger partial charge in [0.05, 0.1) is 63.8 Å². The number of hydrogen-bond acceptors (Lipinski definition) is 12. The van der Waals surface area contributed by atoms with Crippen molar-refractivity contribution in [1.82, 2.24) is 0 Å². The molecule has 0 unspecified atom stereocenters. The van der Waals surface area contributed by atoms with E-state index in [4.69, 9.17) is 47.4 Å². The van der Waals surface area contributed by atoms with Crippen molar-refractivity contribution in [3.63, 3.8) is 0 Å². The topological polar surface area (TPSA) is 133 Å². The first-order valence-corrected chi connectivity index (χ1v) is 23.4. The first-order chi connectivity index (χ1) is 33.9. The van der Waals surface area contributed by atoms with Gasteiger partial charge in [0.1, 0.15) is 36.6 Å². The second-order valence-electron chi connectivity index (χ2n) is 17.0. The summed E-state index contributed by atoms with van der Waals surface area (Å²) >= 11 is 0. The third kappa shape index (κ3) is 13.8. The van der Waals surface area contributed by atoms with Gasteiger partial charge in [-0.05, 0) is 46.4 Å². The third-order valence-electron chi connectivity index (χ3n) is 12.1. The van der Waals surface area contributed by atoms with Crippen LogP contribution in [-0.4, -0.2) is 81.1 Å². The molecule has 0 amide bonds. The normalized spacial score (nSPS) is 24.5. The number of rotatable bonds is 22. The van der Waals surface area contributed by atoms with Crippen molar-refractivity contribution in [1.29, 1.82) is 5.26 Å². The van der Waals surface area contributed by atoms with Gasteiger partial charge in [-0.3, -0.25) is 4.79 Å². The van der Waals surface area contributed by atoms with E-state index < -0.39 is 67.4 Å². The lowest BCUT2D eigenvalue weighted by Gasteiger charge is -2.47. The van der Waals surface area contributed by atoms with E-state index in [-0.39, 0.29) is 46.1 Å². The molecule has 2 aliphatic heterocycles. The van der Waals surface area contributed by atoms with Crippen LogP contribution in [0.2, 0.25) is 0 Å². The minimum absolute atomic E-state index is 0.0562. The van der Waals surface area contributed by atoms with Crippen molar-refractivity contribution in [2.24, 2.45) is 0 Å². The summed E-state index contributed by atoms with van der Waals surface area (Å²) < 4.78 is 66.5. The molecule has 358 valence electrons. The second-order valence-corrected chi connectivity index (χ2v) is 17.0. The molecule has 8 rings (SSSR count). The van der Waals surface area contributed by atoms with Crippen LogP contribution in [0, 0.1) is 11.3 Å². The number of nitrogens with zero attached hydrogens (tertiary/aromatic N) is 1. The molecule has 69 heavy (non-hydrogen) atoms. The molecule has 12 heteroatoms. The van der Waals surface area contributed by atoms with E-state index in [0.717, 1.165) is 27.8 Å². The van der Waals surface area contributed by atoms with Gasteiger partial charge in [-0.1, -0.05) is 170 Å². The summed E-state index contributed by atoms with van der Waals surface area (Å²) in [5.74, 6) is -0.544. The van der Waals surface area contributed by atoms with Gasteiger partial charge < -0.3 is 47.4 Å². The number of benzene rings is 6. The summed E-state index contributed by atoms with van der Waals surface area (Å²) in [6.45, 7) is 2.92. The summed E-state index contributed by atoms with van der Waals surface area (Å²) in [4.78, 5) is 13.8. The van der Waals surface area contributed by atoms with Gasteiger partial charge in [-0.15, -0.1) is 0 Å². The Morgan fingerprint density at radius 2 is 0.870 bits per heavy atom. The molecule has 2 saturated heterocycles. The van der Waals surface area contributed by atoms with Crippen LogP contribution in [0.1, 0.15) is 45.9 Å². The number of nitriles is 1. The smallest absolute Gasteiger partial charge is 0.310 e. The van der Waals surface area contributed by atoms with E-state index >= 15 is 0 Å². The Hall–Kier alpha value is -6.08. The van der Waals surface area contributed by atoms with Crippen LogP contribution in [-0.2, 0) is 91.6 Å². The van der Waals surface area contributed by atoms with Crippen molar-refractivity contribution in [3.05, 3.63) is 215 Å². The van der Waals surface area contributed by atoms with Crippen LogP contribution >= 0.6 is 0 Å². The zero-order chi connectivity index (χ0) is 47.6. The van der Waals surface area contributed by atoms with Crippen LogP contribution < -0.4 is 0 Å². The van der Waals surface area contributed by atoms with Crippen molar-refractivity contribution < 1.29 is 52.2 Å². The molecule has 0 spiro atoms. The summed E-state index contributed by atoms with van der Waals surface area (Å²) in [6.07, 6.45) is -8.43. The molecule has 12 nitrogen and oxygen atoms in total. The molecule has 2 heterocycles. The second kappa shape index (κ2) is 25.5. The van der Waals surface area contributed by atoms with Crippen LogP contribution in [0.25, 0.3) is 0 Å². The fourth-order valence-electron chi connectivity index (χ4n) is 8.56. The Morgan fingerprint density at radius 1 is 0.478 bits per heavy atom. The van der Waals surface area contributed by atoms with E-state index in [1.165, 1.54) is 0 Å². The molecule has 0 bridgehead atoms. The fraction of sp³-hybridized carbons (Fsp3) is 0.333. The Kier molecular flexibility index (Phi) is 18.2. The molecule has 6 aromatic carbocycles. The number of ether oxygens (including phenoxy) is 10. The largest absolute Gasteiger partial charge is 0.456 e. The SMILES string of the molecule is CO[C@H]1O[C@H](CO[C@H]2O[C@H](C)[C@@H](OC(=O)Cc3ccccc3C#N)[C@H](OCc3ccccc3)[C@H]2OCc2ccccc2)[C@@H](OCc2ccccc2)[C@H](OCc2ccccc2)[C@H]1OCc1ccccc1. The molecule has 0 N–H and O–H groups in total. The lowest BCUT2D eigenvalue weighted by atomic mass is 9.97. The number of carbonyl (C=O) groups excluding carboxylic acids is 1. The van der Waals surface area contributed by atoms with Crippen LogP contribution in [0.3, 0.4) is 0 Å². The molecule has 0 aromatic heterocycles. The van der Waals surface area contributed by atoms with Crippen molar-refractivity contribution in [2.75, 3.05) is 13.7 Å². The van der Waals surface area contributed by atoms with E-state index in [1.54, 1.807) is 31.4 Å². The Bertz CT molecular complexity index is 2480. The van der Waals surface area contributed by atoms with E-state index in [1.807, 2.05) is 159 Å². The van der Waals surface area contributed by atoms with Crippen molar-refractivity contribution >= 4 is 5.97 Å². The van der Waals surface area contributed by atoms with E-state index in [2.05, 4.69) is 6.07 Å². The highest BCUT2D eigenvalue weighted by atomic mass is 16.7. The molecular formula is C57H59NO11. The first kappa shape index (κ1) is 49.3. The summed E-state index contributed by atoms with van der Waals surface area (Å²) in [7, 11) is 1.58. The summed E-state index contributed by atoms with van der Waals surface area (Å²) in [5.41, 5.74) is 5.68. The molecule has 0 radical (unpaired) electrons. The Morgan fingerprint density at radius 3 is 1.32 bits per heavy atom. The predicted molar refractivity (Wildman–Crippen MR) is 256 cm³/mol. The molecule has 2 aliphatic rings. The molecule has 6 aromatic rings. The molecular weight excluding hydrogens is 875 g/mol. The van der Waals surface area contributed by atoms with Gasteiger partial charge in [0.25, 0.3) is 0 Å². The summed E-state index contributed by atoms with van der Waals surface area (Å²) in [5, 5.41) is 9.76. The Labute approximate surface area is 404 Å². The lowest BCUT2D eigenvalue weighted by Crippen LogP contribution is -2.63. The molecule has 2 fully saturated rings. The highest BCUT2D eigenvalue weighted by Crippen LogP contribution is 2.34. The number of carbonyl (C=O) groups is 1. The third-order valence-corrected chi connectivity index (χ3v) is 12.1. The highest BCUT2D eigenvalue weighted by molar-refractivity contribution is 5.74. The molecule has 10 atom stereocenters. The zero-order valence-corrected chi connectivity index (χ0v) is 38.9. The van der Waals surface area contributed by atoms with Crippen molar-refractivity contribution in [3.8, 4) is 6.07 Å². The average Bonchev–Trinajstić information content (AvgIpc) is 3.40.